The van der Waals surface area contributed by atoms with E-state index in [0.717, 1.165) is 25.7 Å². The van der Waals surface area contributed by atoms with Gasteiger partial charge in [0.2, 0.25) is 0 Å². The number of rotatable bonds is 4. The molecule has 0 atom stereocenters. The number of benzene rings is 1. The number of carbonyl (C=O) groups is 2. The highest BCUT2D eigenvalue weighted by molar-refractivity contribution is 7.80. The number of hydrogen-bond acceptors (Lipinski definition) is 4. The van der Waals surface area contributed by atoms with Crippen molar-refractivity contribution in [1.82, 2.24) is 10.6 Å². The minimum Gasteiger partial charge on any atom is -0.459 e. The maximum Gasteiger partial charge on any atom is 0.293 e. The van der Waals surface area contributed by atoms with E-state index >= 15 is 0 Å². The first-order chi connectivity index (χ1) is 12.6. The van der Waals surface area contributed by atoms with Crippen LogP contribution in [0.3, 0.4) is 0 Å². The molecule has 7 heteroatoms. The SMILES string of the molecule is O=C(NC1CCCCC1)c1cccc(NC(=S)NC(=O)c2ccco2)c1. The fraction of sp³-hybridized carbons (Fsp3) is 0.316. The van der Waals surface area contributed by atoms with Gasteiger partial charge < -0.3 is 15.1 Å². The Balaban J connectivity index is 1.57. The highest BCUT2D eigenvalue weighted by atomic mass is 32.1. The van der Waals surface area contributed by atoms with Gasteiger partial charge >= 0.3 is 0 Å². The van der Waals surface area contributed by atoms with Crippen molar-refractivity contribution in [2.45, 2.75) is 38.1 Å². The summed E-state index contributed by atoms with van der Waals surface area (Å²) in [6, 6.07) is 10.4. The molecule has 136 valence electrons. The minimum absolute atomic E-state index is 0.0916. The molecule has 3 N–H and O–H groups in total. The van der Waals surface area contributed by atoms with Gasteiger partial charge in [-0.3, -0.25) is 14.9 Å². The number of thiocarbonyl (C=S) groups is 1. The summed E-state index contributed by atoms with van der Waals surface area (Å²) in [7, 11) is 0. The number of furan rings is 1. The summed E-state index contributed by atoms with van der Waals surface area (Å²) in [6.07, 6.45) is 7.05. The zero-order valence-corrected chi connectivity index (χ0v) is 15.1. The highest BCUT2D eigenvalue weighted by Gasteiger charge is 2.17. The van der Waals surface area contributed by atoms with Crippen LogP contribution in [0.1, 0.15) is 53.0 Å². The summed E-state index contributed by atoms with van der Waals surface area (Å²) >= 11 is 5.14. The molecule has 1 aromatic heterocycles. The van der Waals surface area contributed by atoms with E-state index in [1.165, 1.54) is 12.7 Å². The van der Waals surface area contributed by atoms with Crippen LogP contribution in [0.5, 0.6) is 0 Å². The van der Waals surface area contributed by atoms with Gasteiger partial charge in [-0.25, -0.2) is 0 Å². The molecule has 0 saturated heterocycles. The van der Waals surface area contributed by atoms with Crippen LogP contribution in [-0.4, -0.2) is 23.0 Å². The molecule has 3 rings (SSSR count). The van der Waals surface area contributed by atoms with Crippen molar-refractivity contribution < 1.29 is 14.0 Å². The molecule has 1 aliphatic carbocycles. The van der Waals surface area contributed by atoms with Crippen molar-refractivity contribution in [3.63, 3.8) is 0 Å². The number of nitrogens with one attached hydrogen (secondary N) is 3. The molecule has 1 heterocycles. The molecule has 0 spiro atoms. The average Bonchev–Trinajstić information content (AvgIpc) is 3.17. The van der Waals surface area contributed by atoms with Crippen molar-refractivity contribution in [3.05, 3.63) is 54.0 Å². The van der Waals surface area contributed by atoms with E-state index in [9.17, 15) is 9.59 Å². The van der Waals surface area contributed by atoms with E-state index in [1.54, 1.807) is 36.4 Å². The second-order valence-electron chi connectivity index (χ2n) is 6.27. The van der Waals surface area contributed by atoms with Crippen LogP contribution in [0.4, 0.5) is 5.69 Å². The van der Waals surface area contributed by atoms with Gasteiger partial charge in [0.05, 0.1) is 6.26 Å². The van der Waals surface area contributed by atoms with Crippen LogP contribution in [0, 0.1) is 0 Å². The van der Waals surface area contributed by atoms with E-state index in [1.807, 2.05) is 0 Å². The summed E-state index contributed by atoms with van der Waals surface area (Å²) in [5.74, 6) is -0.348. The maximum absolute atomic E-state index is 12.4. The van der Waals surface area contributed by atoms with Gasteiger partial charge in [0.15, 0.2) is 10.9 Å². The quantitative estimate of drug-likeness (QED) is 0.717. The van der Waals surface area contributed by atoms with E-state index < -0.39 is 5.91 Å². The molecule has 1 fully saturated rings. The smallest absolute Gasteiger partial charge is 0.293 e. The molecular formula is C19H21N3O3S. The van der Waals surface area contributed by atoms with Gasteiger partial charge in [0, 0.05) is 17.3 Å². The Labute approximate surface area is 157 Å². The normalized spacial score (nSPS) is 14.5. The van der Waals surface area contributed by atoms with Gasteiger partial charge in [0.25, 0.3) is 11.8 Å². The summed E-state index contributed by atoms with van der Waals surface area (Å²) in [6.45, 7) is 0. The van der Waals surface area contributed by atoms with Crippen LogP contribution in [-0.2, 0) is 0 Å². The van der Waals surface area contributed by atoms with Crippen LogP contribution in [0.15, 0.2) is 47.1 Å². The third-order valence-electron chi connectivity index (χ3n) is 4.30. The Hall–Kier alpha value is -2.67. The fourth-order valence-electron chi connectivity index (χ4n) is 2.99. The monoisotopic (exact) mass is 371 g/mol. The molecule has 2 amide bonds. The van der Waals surface area contributed by atoms with Crippen molar-refractivity contribution in [3.8, 4) is 0 Å². The van der Waals surface area contributed by atoms with E-state index in [2.05, 4.69) is 16.0 Å². The van der Waals surface area contributed by atoms with Crippen molar-refractivity contribution >= 4 is 34.8 Å². The van der Waals surface area contributed by atoms with Crippen molar-refractivity contribution in [1.29, 1.82) is 0 Å². The third-order valence-corrected chi connectivity index (χ3v) is 4.50. The topological polar surface area (TPSA) is 83.4 Å². The summed E-state index contributed by atoms with van der Waals surface area (Å²) in [4.78, 5) is 24.3. The first-order valence-electron chi connectivity index (χ1n) is 8.68. The van der Waals surface area contributed by atoms with Gasteiger partial charge in [0.1, 0.15) is 0 Å². The standard InChI is InChI=1S/C19H21N3O3S/c23-17(20-14-7-2-1-3-8-14)13-6-4-9-15(12-13)21-19(26)22-18(24)16-10-5-11-25-16/h4-6,9-12,14H,1-3,7-8H2,(H,20,23)(H2,21,22,24,26). The van der Waals surface area contributed by atoms with Crippen LogP contribution in [0.2, 0.25) is 0 Å². The summed E-state index contributed by atoms with van der Waals surface area (Å²) < 4.78 is 5.02. The molecule has 6 nitrogen and oxygen atoms in total. The predicted molar refractivity (Wildman–Crippen MR) is 103 cm³/mol. The third kappa shape index (κ3) is 4.92. The fourth-order valence-corrected chi connectivity index (χ4v) is 3.20. The largest absolute Gasteiger partial charge is 0.459 e. The Morgan fingerprint density at radius 2 is 1.85 bits per heavy atom. The Bertz CT molecular complexity index is 783. The zero-order valence-electron chi connectivity index (χ0n) is 14.3. The lowest BCUT2D eigenvalue weighted by Gasteiger charge is -2.22. The van der Waals surface area contributed by atoms with Crippen molar-refractivity contribution in [2.75, 3.05) is 5.32 Å². The molecule has 1 saturated carbocycles. The molecule has 1 aromatic carbocycles. The molecule has 2 aromatic rings. The molecule has 1 aliphatic rings. The van der Waals surface area contributed by atoms with Crippen LogP contribution >= 0.6 is 12.2 Å². The maximum atomic E-state index is 12.4. The molecule has 0 radical (unpaired) electrons. The van der Waals surface area contributed by atoms with Crippen LogP contribution < -0.4 is 16.0 Å². The van der Waals surface area contributed by atoms with E-state index in [4.69, 9.17) is 16.6 Å². The molecular weight excluding hydrogens is 350 g/mol. The lowest BCUT2D eigenvalue weighted by Crippen LogP contribution is -2.36. The van der Waals surface area contributed by atoms with Crippen molar-refractivity contribution in [2.24, 2.45) is 0 Å². The zero-order chi connectivity index (χ0) is 18.4. The lowest BCUT2D eigenvalue weighted by molar-refractivity contribution is 0.0925. The predicted octanol–water partition coefficient (Wildman–Crippen LogP) is 3.47. The van der Waals surface area contributed by atoms with Gasteiger partial charge in [-0.15, -0.1) is 0 Å². The number of hydrogen-bond donors (Lipinski definition) is 3. The molecule has 0 bridgehead atoms. The Morgan fingerprint density at radius 3 is 2.58 bits per heavy atom. The van der Waals surface area contributed by atoms with Gasteiger partial charge in [-0.05, 0) is 55.4 Å². The van der Waals surface area contributed by atoms with E-state index in [0.29, 0.717) is 11.3 Å². The van der Waals surface area contributed by atoms with Crippen LogP contribution in [0.25, 0.3) is 0 Å². The Kier molecular flexibility index (Phi) is 6.01. The molecule has 0 aliphatic heterocycles. The molecule has 0 unspecified atom stereocenters. The number of carbonyl (C=O) groups excluding carboxylic acids is 2. The first-order valence-corrected chi connectivity index (χ1v) is 9.09. The lowest BCUT2D eigenvalue weighted by atomic mass is 9.95. The van der Waals surface area contributed by atoms with Gasteiger partial charge in [-0.1, -0.05) is 25.3 Å². The molecule has 26 heavy (non-hydrogen) atoms. The van der Waals surface area contributed by atoms with E-state index in [-0.39, 0.29) is 22.8 Å². The second kappa shape index (κ2) is 8.62. The minimum atomic E-state index is -0.432. The summed E-state index contributed by atoms with van der Waals surface area (Å²) in [5.41, 5.74) is 1.19. The highest BCUT2D eigenvalue weighted by Crippen LogP contribution is 2.18. The summed E-state index contributed by atoms with van der Waals surface area (Å²) in [5, 5.41) is 8.66. The van der Waals surface area contributed by atoms with Gasteiger partial charge in [-0.2, -0.15) is 0 Å². The average molecular weight is 371 g/mol. The second-order valence-corrected chi connectivity index (χ2v) is 6.68. The Morgan fingerprint density at radius 1 is 1.04 bits per heavy atom. The first kappa shape index (κ1) is 18.1. The number of amides is 2. The number of anilines is 1.